The molecule has 4 heterocycles. The molecule has 0 aromatic carbocycles. The molecule has 0 spiro atoms. The maximum Gasteiger partial charge on any atom is 0.275 e. The van der Waals surface area contributed by atoms with Crippen LogP contribution in [0.1, 0.15) is 29.0 Å². The predicted molar refractivity (Wildman–Crippen MR) is 88.0 cm³/mol. The molecule has 0 aliphatic carbocycles. The van der Waals surface area contributed by atoms with Crippen LogP contribution in [-0.4, -0.2) is 54.3 Å². The molecule has 1 aromatic heterocycles. The molecule has 5 nitrogen and oxygen atoms in total. The highest BCUT2D eigenvalue weighted by Crippen LogP contribution is 2.35. The minimum atomic E-state index is -0.299. The van der Waals surface area contributed by atoms with Crippen LogP contribution in [0.15, 0.2) is 12.1 Å². The van der Waals surface area contributed by atoms with Gasteiger partial charge in [-0.15, -0.1) is 11.3 Å². The molecule has 3 saturated heterocycles. The number of aryl methyl sites for hydroxylation is 1. The molecule has 126 valence electrons. The highest BCUT2D eigenvalue weighted by Gasteiger charge is 2.43. The lowest BCUT2D eigenvalue weighted by molar-refractivity contribution is -0.180. The summed E-state index contributed by atoms with van der Waals surface area (Å²) in [5.41, 5.74) is 0. The zero-order valence-electron chi connectivity index (χ0n) is 13.6. The first-order valence-corrected chi connectivity index (χ1v) is 9.38. The zero-order chi connectivity index (χ0) is 15.8. The van der Waals surface area contributed by atoms with Crippen LogP contribution in [0.25, 0.3) is 0 Å². The Labute approximate surface area is 141 Å². The number of carbonyl (C=O) groups is 1. The molecule has 3 aliphatic heterocycles. The molecule has 23 heavy (non-hydrogen) atoms. The van der Waals surface area contributed by atoms with Gasteiger partial charge < -0.3 is 4.74 Å². The number of rotatable bonds is 3. The van der Waals surface area contributed by atoms with Gasteiger partial charge in [-0.25, -0.2) is 5.06 Å². The zero-order valence-corrected chi connectivity index (χ0v) is 14.4. The Morgan fingerprint density at radius 2 is 2.30 bits per heavy atom. The second-order valence-electron chi connectivity index (χ2n) is 6.82. The topological polar surface area (TPSA) is 42.0 Å². The van der Waals surface area contributed by atoms with Gasteiger partial charge in [-0.3, -0.25) is 14.5 Å². The normalized spacial score (nSPS) is 31.5. The van der Waals surface area contributed by atoms with Crippen molar-refractivity contribution in [2.24, 2.45) is 5.92 Å². The number of hydrogen-bond donors (Lipinski definition) is 0. The summed E-state index contributed by atoms with van der Waals surface area (Å²) >= 11 is 1.87. The summed E-state index contributed by atoms with van der Waals surface area (Å²) in [6.07, 6.45) is 2.81. The van der Waals surface area contributed by atoms with Crippen molar-refractivity contribution in [2.45, 2.75) is 44.9 Å². The predicted octanol–water partition coefficient (Wildman–Crippen LogP) is 2.20. The van der Waals surface area contributed by atoms with Crippen molar-refractivity contribution in [3.8, 4) is 0 Å². The summed E-state index contributed by atoms with van der Waals surface area (Å²) < 4.78 is 6.10. The van der Waals surface area contributed by atoms with Gasteiger partial charge in [0.1, 0.15) is 6.10 Å². The molecule has 3 atom stereocenters. The second kappa shape index (κ2) is 6.51. The standard InChI is InChI=1S/C17H24N2O3S/c1-12-3-4-14(23-12)10-18-7-5-13-9-15(22-16(13)11-18)17(20)19-6-2-8-21-19/h3-4,13,15-16H,2,5-11H2,1H3/t13-,15-,16+/m1/s1. The number of amides is 1. The van der Waals surface area contributed by atoms with E-state index in [1.807, 2.05) is 11.3 Å². The fourth-order valence-corrected chi connectivity index (χ4v) is 4.80. The lowest BCUT2D eigenvalue weighted by Gasteiger charge is -2.33. The Hall–Kier alpha value is -0.950. The number of fused-ring (bicyclic) bond motifs is 1. The SMILES string of the molecule is Cc1ccc(CN2CC[C@@H]3C[C@H](C(=O)N4CCCO4)O[C@H]3C2)s1. The van der Waals surface area contributed by atoms with Crippen LogP contribution in [0.2, 0.25) is 0 Å². The Balaban J connectivity index is 1.34. The van der Waals surface area contributed by atoms with Crippen molar-refractivity contribution in [3.63, 3.8) is 0 Å². The maximum atomic E-state index is 12.4. The molecule has 3 fully saturated rings. The number of piperidine rings is 1. The van der Waals surface area contributed by atoms with Gasteiger partial charge in [-0.05, 0) is 50.8 Å². The van der Waals surface area contributed by atoms with E-state index < -0.39 is 0 Å². The van der Waals surface area contributed by atoms with Crippen LogP contribution in [0.4, 0.5) is 0 Å². The first-order chi connectivity index (χ1) is 11.2. The molecule has 3 aliphatic rings. The third-order valence-corrected chi connectivity index (χ3v) is 6.07. The molecular formula is C17H24N2O3S. The Morgan fingerprint density at radius 3 is 3.04 bits per heavy atom. The number of likely N-dealkylation sites (tertiary alicyclic amines) is 1. The number of carbonyl (C=O) groups excluding carboxylic acids is 1. The van der Waals surface area contributed by atoms with Crippen molar-refractivity contribution in [3.05, 3.63) is 21.9 Å². The monoisotopic (exact) mass is 336 g/mol. The fourth-order valence-electron chi connectivity index (χ4n) is 3.87. The fraction of sp³-hybridized carbons (Fsp3) is 0.706. The van der Waals surface area contributed by atoms with Crippen LogP contribution >= 0.6 is 11.3 Å². The van der Waals surface area contributed by atoms with E-state index in [9.17, 15) is 4.79 Å². The van der Waals surface area contributed by atoms with E-state index in [2.05, 4.69) is 24.0 Å². The van der Waals surface area contributed by atoms with Gasteiger partial charge in [0.25, 0.3) is 5.91 Å². The largest absolute Gasteiger partial charge is 0.363 e. The Kier molecular flexibility index (Phi) is 4.41. The van der Waals surface area contributed by atoms with Gasteiger partial charge in [0.15, 0.2) is 0 Å². The van der Waals surface area contributed by atoms with Crippen molar-refractivity contribution in [2.75, 3.05) is 26.2 Å². The van der Waals surface area contributed by atoms with E-state index in [1.165, 1.54) is 14.8 Å². The molecule has 1 aromatic rings. The highest BCUT2D eigenvalue weighted by molar-refractivity contribution is 7.11. The van der Waals surface area contributed by atoms with Crippen molar-refractivity contribution in [1.29, 1.82) is 0 Å². The maximum absolute atomic E-state index is 12.4. The first-order valence-electron chi connectivity index (χ1n) is 8.56. The molecule has 0 saturated carbocycles. The van der Waals surface area contributed by atoms with Crippen molar-refractivity contribution >= 4 is 17.2 Å². The van der Waals surface area contributed by atoms with E-state index in [0.29, 0.717) is 19.1 Å². The minimum Gasteiger partial charge on any atom is -0.363 e. The van der Waals surface area contributed by atoms with Crippen molar-refractivity contribution in [1.82, 2.24) is 9.96 Å². The van der Waals surface area contributed by atoms with Gasteiger partial charge >= 0.3 is 0 Å². The molecule has 0 bridgehead atoms. The second-order valence-corrected chi connectivity index (χ2v) is 8.19. The minimum absolute atomic E-state index is 0.0253. The molecule has 6 heteroatoms. The number of hydrogen-bond acceptors (Lipinski definition) is 5. The van der Waals surface area contributed by atoms with Gasteiger partial charge in [0, 0.05) is 22.8 Å². The van der Waals surface area contributed by atoms with E-state index in [1.54, 1.807) is 0 Å². The lowest BCUT2D eigenvalue weighted by Crippen LogP contribution is -2.42. The average molecular weight is 336 g/mol. The summed E-state index contributed by atoms with van der Waals surface area (Å²) in [4.78, 5) is 23.0. The number of thiophene rings is 1. The average Bonchev–Trinajstić information content (AvgIpc) is 3.26. The van der Waals surface area contributed by atoms with E-state index in [4.69, 9.17) is 9.57 Å². The van der Waals surface area contributed by atoms with Crippen LogP contribution < -0.4 is 0 Å². The van der Waals surface area contributed by atoms with E-state index in [-0.39, 0.29) is 18.1 Å². The van der Waals surface area contributed by atoms with Crippen molar-refractivity contribution < 1.29 is 14.4 Å². The Bertz CT molecular complexity index is 570. The summed E-state index contributed by atoms with van der Waals surface area (Å²) in [6.45, 7) is 6.54. The quantitative estimate of drug-likeness (QED) is 0.849. The molecule has 0 N–H and O–H groups in total. The molecular weight excluding hydrogens is 312 g/mol. The van der Waals surface area contributed by atoms with Gasteiger partial charge in [-0.1, -0.05) is 0 Å². The Morgan fingerprint density at radius 1 is 1.39 bits per heavy atom. The van der Waals surface area contributed by atoms with Crippen LogP contribution in [0.3, 0.4) is 0 Å². The van der Waals surface area contributed by atoms with Crippen LogP contribution in [0, 0.1) is 12.8 Å². The summed E-state index contributed by atoms with van der Waals surface area (Å²) in [5.74, 6) is 0.546. The van der Waals surface area contributed by atoms with E-state index >= 15 is 0 Å². The number of ether oxygens (including phenoxy) is 1. The van der Waals surface area contributed by atoms with Crippen LogP contribution in [-0.2, 0) is 20.9 Å². The molecule has 1 amide bonds. The van der Waals surface area contributed by atoms with E-state index in [0.717, 1.165) is 38.9 Å². The number of hydroxylamine groups is 2. The third-order valence-electron chi connectivity index (χ3n) is 5.09. The van der Waals surface area contributed by atoms with Crippen LogP contribution in [0.5, 0.6) is 0 Å². The van der Waals surface area contributed by atoms with Gasteiger partial charge in [-0.2, -0.15) is 0 Å². The van der Waals surface area contributed by atoms with Gasteiger partial charge in [0.2, 0.25) is 0 Å². The summed E-state index contributed by atoms with van der Waals surface area (Å²) in [6, 6.07) is 4.40. The smallest absolute Gasteiger partial charge is 0.275 e. The molecule has 0 radical (unpaired) electrons. The molecule has 0 unspecified atom stereocenters. The molecule has 4 rings (SSSR count). The third kappa shape index (κ3) is 3.31. The van der Waals surface area contributed by atoms with Gasteiger partial charge in [0.05, 0.1) is 19.3 Å². The summed E-state index contributed by atoms with van der Waals surface area (Å²) in [7, 11) is 0. The summed E-state index contributed by atoms with van der Waals surface area (Å²) in [5, 5.41) is 1.51. The first kappa shape index (κ1) is 15.6. The number of nitrogens with zero attached hydrogens (tertiary/aromatic N) is 2. The lowest BCUT2D eigenvalue weighted by atomic mass is 9.91. The highest BCUT2D eigenvalue weighted by atomic mass is 32.1.